The largest absolute Gasteiger partial charge is 0.482 e. The van der Waals surface area contributed by atoms with Crippen molar-refractivity contribution in [1.82, 2.24) is 0 Å². The first-order valence-electron chi connectivity index (χ1n) is 7.57. The Morgan fingerprint density at radius 1 is 0.955 bits per heavy atom. The van der Waals surface area contributed by atoms with Gasteiger partial charge in [0.1, 0.15) is 11.5 Å². The summed E-state index contributed by atoms with van der Waals surface area (Å²) in [5, 5.41) is 0. The van der Waals surface area contributed by atoms with Crippen LogP contribution in [0.15, 0.2) is 42.5 Å². The third-order valence-electron chi connectivity index (χ3n) is 3.25. The Bertz CT molecular complexity index is 609. The van der Waals surface area contributed by atoms with Crippen LogP contribution in [0.3, 0.4) is 0 Å². The van der Waals surface area contributed by atoms with Gasteiger partial charge in [0.15, 0.2) is 6.61 Å². The summed E-state index contributed by atoms with van der Waals surface area (Å²) >= 11 is 0. The number of hydrogen-bond acceptors (Lipinski definition) is 3. The van der Waals surface area contributed by atoms with Crippen LogP contribution in [-0.2, 0) is 11.2 Å². The van der Waals surface area contributed by atoms with Gasteiger partial charge in [-0.2, -0.15) is 0 Å². The van der Waals surface area contributed by atoms with Gasteiger partial charge in [0.2, 0.25) is 0 Å². The smallest absolute Gasteiger partial charge is 0.349 e. The van der Waals surface area contributed by atoms with Gasteiger partial charge in [-0.3, -0.25) is 0 Å². The van der Waals surface area contributed by atoms with Crippen LogP contribution in [0.2, 0.25) is 0 Å². The van der Waals surface area contributed by atoms with Gasteiger partial charge in [-0.05, 0) is 61.2 Å². The number of ether oxygens (including phenoxy) is 2. The molecule has 0 heterocycles. The van der Waals surface area contributed by atoms with Crippen LogP contribution >= 0.6 is 0 Å². The van der Waals surface area contributed by atoms with E-state index in [1.807, 2.05) is 56.3 Å². The maximum absolute atomic E-state index is 11.8. The number of benzene rings is 2. The summed E-state index contributed by atoms with van der Waals surface area (Å²) in [4.78, 5) is 11.8. The minimum Gasteiger partial charge on any atom is -0.482 e. The molecule has 0 saturated heterocycles. The van der Waals surface area contributed by atoms with Crippen molar-refractivity contribution in [1.29, 1.82) is 0 Å². The average Bonchev–Trinajstić information content (AvgIpc) is 2.46. The van der Waals surface area contributed by atoms with Crippen molar-refractivity contribution in [2.75, 3.05) is 6.61 Å². The maximum atomic E-state index is 11.8. The lowest BCUT2D eigenvalue weighted by atomic mass is 10.1. The fraction of sp³-hybridized carbons (Fsp3) is 0.316. The van der Waals surface area contributed by atoms with Crippen LogP contribution in [0.4, 0.5) is 0 Å². The molecule has 0 saturated carbocycles. The number of carbonyl (C=O) groups is 1. The molecule has 0 aliphatic rings. The maximum Gasteiger partial charge on any atom is 0.349 e. The van der Waals surface area contributed by atoms with E-state index in [2.05, 4.69) is 6.92 Å². The molecule has 116 valence electrons. The quantitative estimate of drug-likeness (QED) is 0.591. The van der Waals surface area contributed by atoms with E-state index in [-0.39, 0.29) is 6.61 Å². The number of rotatable bonds is 6. The second kappa shape index (κ2) is 7.64. The van der Waals surface area contributed by atoms with E-state index in [0.29, 0.717) is 11.5 Å². The van der Waals surface area contributed by atoms with Gasteiger partial charge in [0.05, 0.1) is 0 Å². The highest BCUT2D eigenvalue weighted by atomic mass is 16.6. The van der Waals surface area contributed by atoms with Gasteiger partial charge in [-0.1, -0.05) is 31.5 Å². The standard InChI is InChI=1S/C19H22O3/c1-4-5-16-6-8-17(9-7-16)21-13-19(20)22-18-11-14(2)10-15(3)12-18/h6-12H,4-5,13H2,1-3H3. The lowest BCUT2D eigenvalue weighted by molar-refractivity contribution is -0.136. The number of carbonyl (C=O) groups excluding carboxylic acids is 1. The van der Waals surface area contributed by atoms with Crippen molar-refractivity contribution < 1.29 is 14.3 Å². The van der Waals surface area contributed by atoms with E-state index in [4.69, 9.17) is 9.47 Å². The average molecular weight is 298 g/mol. The van der Waals surface area contributed by atoms with Gasteiger partial charge < -0.3 is 9.47 Å². The highest BCUT2D eigenvalue weighted by Crippen LogP contribution is 2.17. The van der Waals surface area contributed by atoms with E-state index in [1.54, 1.807) is 0 Å². The molecule has 2 rings (SSSR count). The summed E-state index contributed by atoms with van der Waals surface area (Å²) in [6, 6.07) is 13.5. The van der Waals surface area contributed by atoms with Gasteiger partial charge >= 0.3 is 5.97 Å². The zero-order chi connectivity index (χ0) is 15.9. The predicted molar refractivity (Wildman–Crippen MR) is 87.5 cm³/mol. The van der Waals surface area contributed by atoms with Crippen molar-refractivity contribution in [3.63, 3.8) is 0 Å². The second-order valence-electron chi connectivity index (χ2n) is 5.48. The Balaban J connectivity index is 1.87. The molecular formula is C19H22O3. The first kappa shape index (κ1) is 16.1. The lowest BCUT2D eigenvalue weighted by Crippen LogP contribution is -2.17. The van der Waals surface area contributed by atoms with E-state index in [1.165, 1.54) is 5.56 Å². The zero-order valence-corrected chi connectivity index (χ0v) is 13.4. The molecule has 0 fully saturated rings. The van der Waals surface area contributed by atoms with Crippen LogP contribution in [0.1, 0.15) is 30.0 Å². The molecule has 3 heteroatoms. The van der Waals surface area contributed by atoms with E-state index in [9.17, 15) is 4.79 Å². The summed E-state index contributed by atoms with van der Waals surface area (Å²) in [7, 11) is 0. The number of aryl methyl sites for hydroxylation is 3. The second-order valence-corrected chi connectivity index (χ2v) is 5.48. The van der Waals surface area contributed by atoms with Crippen molar-refractivity contribution in [2.45, 2.75) is 33.6 Å². The molecule has 2 aromatic rings. The molecular weight excluding hydrogens is 276 g/mol. The molecule has 0 unspecified atom stereocenters. The van der Waals surface area contributed by atoms with E-state index >= 15 is 0 Å². The Kier molecular flexibility index (Phi) is 5.59. The van der Waals surface area contributed by atoms with Gasteiger partial charge in [0.25, 0.3) is 0 Å². The molecule has 0 N–H and O–H groups in total. The lowest BCUT2D eigenvalue weighted by Gasteiger charge is -2.08. The molecule has 0 atom stereocenters. The zero-order valence-electron chi connectivity index (χ0n) is 13.4. The summed E-state index contributed by atoms with van der Waals surface area (Å²) in [5.74, 6) is 0.837. The third kappa shape index (κ3) is 4.92. The van der Waals surface area contributed by atoms with Gasteiger partial charge in [-0.15, -0.1) is 0 Å². The number of hydrogen-bond donors (Lipinski definition) is 0. The van der Waals surface area contributed by atoms with Crippen molar-refractivity contribution in [3.8, 4) is 11.5 Å². The van der Waals surface area contributed by atoms with E-state index < -0.39 is 5.97 Å². The topological polar surface area (TPSA) is 35.5 Å². The Morgan fingerprint density at radius 3 is 2.18 bits per heavy atom. The van der Waals surface area contributed by atoms with Crippen LogP contribution in [0, 0.1) is 13.8 Å². The first-order chi connectivity index (χ1) is 10.6. The molecule has 22 heavy (non-hydrogen) atoms. The van der Waals surface area contributed by atoms with Gasteiger partial charge in [-0.25, -0.2) is 4.79 Å². The van der Waals surface area contributed by atoms with Crippen molar-refractivity contribution >= 4 is 5.97 Å². The van der Waals surface area contributed by atoms with Crippen molar-refractivity contribution in [2.24, 2.45) is 0 Å². The highest BCUT2D eigenvalue weighted by molar-refractivity contribution is 5.74. The molecule has 0 aliphatic heterocycles. The molecule has 3 nitrogen and oxygen atoms in total. The molecule has 0 aromatic heterocycles. The Labute approximate surface area is 131 Å². The SMILES string of the molecule is CCCc1ccc(OCC(=O)Oc2cc(C)cc(C)c2)cc1. The summed E-state index contributed by atoms with van der Waals surface area (Å²) < 4.78 is 10.8. The molecule has 0 aliphatic carbocycles. The first-order valence-corrected chi connectivity index (χ1v) is 7.57. The fourth-order valence-electron chi connectivity index (χ4n) is 2.34. The fourth-order valence-corrected chi connectivity index (χ4v) is 2.34. The normalized spacial score (nSPS) is 10.3. The summed E-state index contributed by atoms with van der Waals surface area (Å²) in [5.41, 5.74) is 3.40. The molecule has 2 aromatic carbocycles. The van der Waals surface area contributed by atoms with Crippen LogP contribution in [0.25, 0.3) is 0 Å². The van der Waals surface area contributed by atoms with E-state index in [0.717, 1.165) is 24.0 Å². The third-order valence-corrected chi connectivity index (χ3v) is 3.25. The summed E-state index contributed by atoms with van der Waals surface area (Å²) in [6.07, 6.45) is 2.16. The molecule has 0 bridgehead atoms. The molecule has 0 amide bonds. The highest BCUT2D eigenvalue weighted by Gasteiger charge is 2.07. The van der Waals surface area contributed by atoms with Crippen LogP contribution < -0.4 is 9.47 Å². The van der Waals surface area contributed by atoms with Crippen molar-refractivity contribution in [3.05, 3.63) is 59.2 Å². The number of esters is 1. The minimum absolute atomic E-state index is 0.0971. The van der Waals surface area contributed by atoms with Crippen LogP contribution in [-0.4, -0.2) is 12.6 Å². The Hall–Kier alpha value is -2.29. The van der Waals surface area contributed by atoms with Gasteiger partial charge in [0, 0.05) is 0 Å². The molecule has 0 radical (unpaired) electrons. The summed E-state index contributed by atoms with van der Waals surface area (Å²) in [6.45, 7) is 5.99. The Morgan fingerprint density at radius 2 is 1.59 bits per heavy atom. The monoisotopic (exact) mass is 298 g/mol. The molecule has 0 spiro atoms. The minimum atomic E-state index is -0.400. The van der Waals surface area contributed by atoms with Crippen LogP contribution in [0.5, 0.6) is 11.5 Å². The predicted octanol–water partition coefficient (Wildman–Crippen LogP) is 4.24.